The number of halogens is 2. The molecule has 0 aliphatic rings. The predicted molar refractivity (Wildman–Crippen MR) is 53.5 cm³/mol. The first-order valence-electron chi connectivity index (χ1n) is 3.25. The molecule has 0 aromatic heterocycles. The number of ether oxygens (including phenoxy) is 1. The molecule has 0 bridgehead atoms. The highest BCUT2D eigenvalue weighted by Crippen LogP contribution is 2.27. The smallest absolute Gasteiger partial charge is 0.148 e. The number of hydrogen-bond acceptors (Lipinski definition) is 1. The van der Waals surface area contributed by atoms with Crippen LogP contribution in [0.1, 0.15) is 0 Å². The summed E-state index contributed by atoms with van der Waals surface area (Å²) >= 11 is 9.05. The Morgan fingerprint density at radius 1 is 1.58 bits per heavy atom. The molecule has 1 aromatic carbocycles. The van der Waals surface area contributed by atoms with Gasteiger partial charge in [-0.25, -0.2) is 0 Å². The Bertz CT molecular complexity index is 317. The molecule has 0 heterocycles. The fraction of sp³-hybridized carbons (Fsp3) is 0.111. The molecule has 0 N–H and O–H groups in total. The molecule has 1 rings (SSSR count). The van der Waals surface area contributed by atoms with E-state index in [9.17, 15) is 0 Å². The average molecular weight is 246 g/mol. The molecule has 1 aromatic rings. The standard InChI is InChI=1S/C9H6BrClO/c1-2-5-12-9-6-7(11)3-4-8(9)10/h1,3-4,6H,5H2. The Balaban J connectivity index is 2.84. The van der Waals surface area contributed by atoms with Gasteiger partial charge in [0.1, 0.15) is 12.4 Å². The van der Waals surface area contributed by atoms with E-state index >= 15 is 0 Å². The van der Waals surface area contributed by atoms with Gasteiger partial charge in [-0.05, 0) is 34.1 Å². The minimum absolute atomic E-state index is 0.249. The van der Waals surface area contributed by atoms with Gasteiger partial charge in [0, 0.05) is 5.02 Å². The second kappa shape index (κ2) is 4.39. The third kappa shape index (κ3) is 2.44. The summed E-state index contributed by atoms with van der Waals surface area (Å²) in [4.78, 5) is 0. The summed E-state index contributed by atoms with van der Waals surface area (Å²) in [5, 5.41) is 0.630. The highest BCUT2D eigenvalue weighted by Gasteiger charge is 2.00. The summed E-state index contributed by atoms with van der Waals surface area (Å²) in [6.45, 7) is 0.249. The molecular weight excluding hydrogens is 239 g/mol. The van der Waals surface area contributed by atoms with Crippen LogP contribution in [0.15, 0.2) is 22.7 Å². The van der Waals surface area contributed by atoms with Crippen LogP contribution in [0, 0.1) is 12.3 Å². The van der Waals surface area contributed by atoms with Gasteiger partial charge in [0.15, 0.2) is 0 Å². The van der Waals surface area contributed by atoms with Crippen molar-refractivity contribution >= 4 is 27.5 Å². The number of terminal acetylenes is 1. The van der Waals surface area contributed by atoms with E-state index < -0.39 is 0 Å². The van der Waals surface area contributed by atoms with Crippen molar-refractivity contribution in [2.24, 2.45) is 0 Å². The van der Waals surface area contributed by atoms with Gasteiger partial charge >= 0.3 is 0 Å². The number of benzene rings is 1. The van der Waals surface area contributed by atoms with Crippen LogP contribution >= 0.6 is 27.5 Å². The molecule has 0 aliphatic heterocycles. The fourth-order valence-corrected chi connectivity index (χ4v) is 1.23. The summed E-state index contributed by atoms with van der Waals surface area (Å²) in [6, 6.07) is 5.30. The zero-order valence-corrected chi connectivity index (χ0v) is 8.52. The van der Waals surface area contributed by atoms with Crippen LogP contribution < -0.4 is 4.74 Å². The summed E-state index contributed by atoms with van der Waals surface area (Å²) in [7, 11) is 0. The van der Waals surface area contributed by atoms with E-state index in [1.807, 2.05) is 6.07 Å². The molecule has 12 heavy (non-hydrogen) atoms. The minimum atomic E-state index is 0.249. The van der Waals surface area contributed by atoms with E-state index in [0.29, 0.717) is 10.8 Å². The van der Waals surface area contributed by atoms with Gasteiger partial charge in [-0.3, -0.25) is 0 Å². The van der Waals surface area contributed by atoms with Crippen LogP contribution in [0.3, 0.4) is 0 Å². The first-order chi connectivity index (χ1) is 5.74. The van der Waals surface area contributed by atoms with Gasteiger partial charge in [-0.15, -0.1) is 6.42 Å². The maximum absolute atomic E-state index is 5.74. The Kier molecular flexibility index (Phi) is 3.46. The Hall–Kier alpha value is -0.650. The van der Waals surface area contributed by atoms with Crippen LogP contribution in [0.5, 0.6) is 5.75 Å². The molecule has 0 saturated heterocycles. The van der Waals surface area contributed by atoms with Crippen molar-refractivity contribution < 1.29 is 4.74 Å². The lowest BCUT2D eigenvalue weighted by Crippen LogP contribution is -1.93. The van der Waals surface area contributed by atoms with E-state index in [2.05, 4.69) is 21.9 Å². The highest BCUT2D eigenvalue weighted by molar-refractivity contribution is 9.10. The lowest BCUT2D eigenvalue weighted by Gasteiger charge is -2.04. The first kappa shape index (κ1) is 9.44. The Morgan fingerprint density at radius 2 is 2.33 bits per heavy atom. The summed E-state index contributed by atoms with van der Waals surface area (Å²) in [5.41, 5.74) is 0. The average Bonchev–Trinajstić information content (AvgIpc) is 2.07. The fourth-order valence-electron chi connectivity index (χ4n) is 0.707. The maximum Gasteiger partial charge on any atom is 0.148 e. The lowest BCUT2D eigenvalue weighted by atomic mass is 10.3. The number of rotatable bonds is 2. The van der Waals surface area contributed by atoms with Crippen LogP contribution in [-0.2, 0) is 0 Å². The summed E-state index contributed by atoms with van der Waals surface area (Å²) in [5.74, 6) is 3.04. The summed E-state index contributed by atoms with van der Waals surface area (Å²) in [6.07, 6.45) is 5.04. The van der Waals surface area contributed by atoms with Gasteiger partial charge < -0.3 is 4.74 Å². The van der Waals surface area contributed by atoms with E-state index in [1.54, 1.807) is 12.1 Å². The van der Waals surface area contributed by atoms with Crippen LogP contribution in [0.25, 0.3) is 0 Å². The molecule has 0 spiro atoms. The quantitative estimate of drug-likeness (QED) is 0.728. The van der Waals surface area contributed by atoms with Gasteiger partial charge in [0.05, 0.1) is 4.47 Å². The first-order valence-corrected chi connectivity index (χ1v) is 4.42. The second-order valence-electron chi connectivity index (χ2n) is 2.07. The molecule has 0 radical (unpaired) electrons. The highest BCUT2D eigenvalue weighted by atomic mass is 79.9. The van der Waals surface area contributed by atoms with Gasteiger partial charge in [0.2, 0.25) is 0 Å². The number of hydrogen-bond donors (Lipinski definition) is 0. The Morgan fingerprint density at radius 3 is 3.00 bits per heavy atom. The Labute approximate surface area is 84.8 Å². The molecule has 0 amide bonds. The van der Waals surface area contributed by atoms with Gasteiger partial charge in [0.25, 0.3) is 0 Å². The maximum atomic E-state index is 5.74. The van der Waals surface area contributed by atoms with E-state index in [1.165, 1.54) is 0 Å². The van der Waals surface area contributed by atoms with Crippen molar-refractivity contribution in [3.8, 4) is 18.1 Å². The van der Waals surface area contributed by atoms with Crippen LogP contribution in [0.2, 0.25) is 5.02 Å². The van der Waals surface area contributed by atoms with E-state index in [-0.39, 0.29) is 6.61 Å². The molecule has 1 nitrogen and oxygen atoms in total. The monoisotopic (exact) mass is 244 g/mol. The zero-order valence-electron chi connectivity index (χ0n) is 6.18. The largest absolute Gasteiger partial charge is 0.480 e. The normalized spacial score (nSPS) is 9.08. The molecular formula is C9H6BrClO. The van der Waals surface area contributed by atoms with Crippen LogP contribution in [-0.4, -0.2) is 6.61 Å². The predicted octanol–water partition coefficient (Wildman–Crippen LogP) is 3.11. The van der Waals surface area contributed by atoms with Crippen molar-refractivity contribution in [3.63, 3.8) is 0 Å². The zero-order chi connectivity index (χ0) is 8.97. The third-order valence-electron chi connectivity index (χ3n) is 1.20. The van der Waals surface area contributed by atoms with E-state index in [4.69, 9.17) is 22.8 Å². The van der Waals surface area contributed by atoms with E-state index in [0.717, 1.165) is 4.47 Å². The molecule has 3 heteroatoms. The van der Waals surface area contributed by atoms with Gasteiger partial charge in [-0.2, -0.15) is 0 Å². The molecule has 0 fully saturated rings. The molecule has 0 aliphatic carbocycles. The topological polar surface area (TPSA) is 9.23 Å². The van der Waals surface area contributed by atoms with Crippen molar-refractivity contribution in [1.29, 1.82) is 0 Å². The summed E-state index contributed by atoms with van der Waals surface area (Å²) < 4.78 is 6.05. The molecule has 62 valence electrons. The molecule has 0 unspecified atom stereocenters. The molecule has 0 saturated carbocycles. The second-order valence-corrected chi connectivity index (χ2v) is 3.36. The van der Waals surface area contributed by atoms with Gasteiger partial charge in [-0.1, -0.05) is 17.5 Å². The van der Waals surface area contributed by atoms with Crippen molar-refractivity contribution in [1.82, 2.24) is 0 Å². The minimum Gasteiger partial charge on any atom is -0.480 e. The third-order valence-corrected chi connectivity index (χ3v) is 2.09. The SMILES string of the molecule is C#CCOc1cc(Cl)ccc1Br. The molecule has 0 atom stereocenters. The van der Waals surface area contributed by atoms with Crippen LogP contribution in [0.4, 0.5) is 0 Å². The van der Waals surface area contributed by atoms with Crippen molar-refractivity contribution in [2.75, 3.05) is 6.61 Å². The lowest BCUT2D eigenvalue weighted by molar-refractivity contribution is 0.368. The van der Waals surface area contributed by atoms with Crippen molar-refractivity contribution in [2.45, 2.75) is 0 Å². The van der Waals surface area contributed by atoms with Crippen molar-refractivity contribution in [3.05, 3.63) is 27.7 Å².